The number of ether oxygens (including phenoxy) is 3. The van der Waals surface area contributed by atoms with Crippen molar-refractivity contribution in [2.24, 2.45) is 0 Å². The first-order valence-electron chi connectivity index (χ1n) is 10.6. The van der Waals surface area contributed by atoms with Crippen molar-refractivity contribution >= 4 is 23.6 Å². The molecule has 0 bridgehead atoms. The van der Waals surface area contributed by atoms with E-state index in [0.29, 0.717) is 30.4 Å². The van der Waals surface area contributed by atoms with Gasteiger partial charge in [-0.2, -0.15) is 0 Å². The molecule has 2 aromatic carbocycles. The number of rotatable bonds is 6. The Morgan fingerprint density at radius 1 is 1.06 bits per heavy atom. The van der Waals surface area contributed by atoms with Gasteiger partial charge in [0.2, 0.25) is 11.8 Å². The number of nitrogens with zero attached hydrogens (tertiary/aromatic N) is 1. The number of aliphatic hydroxyl groups excluding tert-OH is 1. The van der Waals surface area contributed by atoms with E-state index in [2.05, 4.69) is 10.6 Å². The fourth-order valence-corrected chi connectivity index (χ4v) is 3.68. The summed E-state index contributed by atoms with van der Waals surface area (Å²) in [7, 11) is 0. The standard InChI is InChI=1S/C23H25N3O7/c27-17-11-18(26(13-17)23(30)33-14-15-4-2-1-3-5-15)22(29)24-12-21(28)25-16-6-7-19-20(10-16)32-9-8-31-19/h1-7,10,17-18,27H,8-9,11-14H2,(H,24,29)(H,25,28)/t17-,18+/m1/s1. The minimum Gasteiger partial charge on any atom is -0.486 e. The van der Waals surface area contributed by atoms with Crippen molar-refractivity contribution in [3.8, 4) is 11.5 Å². The summed E-state index contributed by atoms with van der Waals surface area (Å²) in [5.41, 5.74) is 1.31. The van der Waals surface area contributed by atoms with Crippen molar-refractivity contribution in [3.05, 3.63) is 54.1 Å². The maximum absolute atomic E-state index is 12.6. The Morgan fingerprint density at radius 2 is 1.82 bits per heavy atom. The highest BCUT2D eigenvalue weighted by Crippen LogP contribution is 2.32. The van der Waals surface area contributed by atoms with Gasteiger partial charge >= 0.3 is 6.09 Å². The third-order valence-electron chi connectivity index (χ3n) is 5.27. The Kier molecular flexibility index (Phi) is 6.94. The zero-order chi connectivity index (χ0) is 23.2. The largest absolute Gasteiger partial charge is 0.486 e. The van der Waals surface area contributed by atoms with Crippen LogP contribution in [0.3, 0.4) is 0 Å². The van der Waals surface area contributed by atoms with Crippen molar-refractivity contribution in [3.63, 3.8) is 0 Å². The number of fused-ring (bicyclic) bond motifs is 1. The zero-order valence-corrected chi connectivity index (χ0v) is 17.9. The maximum Gasteiger partial charge on any atom is 0.410 e. The fourth-order valence-electron chi connectivity index (χ4n) is 3.68. The van der Waals surface area contributed by atoms with Gasteiger partial charge in [-0.3, -0.25) is 14.5 Å². The van der Waals surface area contributed by atoms with E-state index in [0.717, 1.165) is 5.56 Å². The Bertz CT molecular complexity index is 1010. The predicted octanol–water partition coefficient (Wildman–Crippen LogP) is 1.28. The number of hydrogen-bond acceptors (Lipinski definition) is 7. The Hall–Kier alpha value is -3.79. The van der Waals surface area contributed by atoms with Crippen LogP contribution in [-0.4, -0.2) is 66.4 Å². The van der Waals surface area contributed by atoms with Crippen molar-refractivity contribution in [2.45, 2.75) is 25.2 Å². The number of carbonyl (C=O) groups excluding carboxylic acids is 3. The molecule has 3 amide bonds. The number of carbonyl (C=O) groups is 3. The third-order valence-corrected chi connectivity index (χ3v) is 5.27. The van der Waals surface area contributed by atoms with E-state index < -0.39 is 30.1 Å². The molecule has 3 N–H and O–H groups in total. The summed E-state index contributed by atoms with van der Waals surface area (Å²) in [5.74, 6) is 0.150. The van der Waals surface area contributed by atoms with Crippen molar-refractivity contribution in [2.75, 3.05) is 31.6 Å². The van der Waals surface area contributed by atoms with Crippen molar-refractivity contribution < 1.29 is 33.7 Å². The highest BCUT2D eigenvalue weighted by molar-refractivity contribution is 5.96. The molecule has 0 aliphatic carbocycles. The summed E-state index contributed by atoms with van der Waals surface area (Å²) in [6.45, 7) is 0.635. The summed E-state index contributed by atoms with van der Waals surface area (Å²) < 4.78 is 16.2. The molecule has 0 saturated carbocycles. The molecular formula is C23H25N3O7. The summed E-state index contributed by atoms with van der Waals surface area (Å²) in [6, 6.07) is 13.2. The minimum atomic E-state index is -0.926. The Balaban J connectivity index is 1.28. The molecule has 2 aliphatic rings. The van der Waals surface area contributed by atoms with E-state index in [4.69, 9.17) is 14.2 Å². The van der Waals surface area contributed by atoms with E-state index in [1.165, 1.54) is 4.90 Å². The molecule has 33 heavy (non-hydrogen) atoms. The van der Waals surface area contributed by atoms with Crippen LogP contribution in [0.4, 0.5) is 10.5 Å². The van der Waals surface area contributed by atoms with Gasteiger partial charge in [0.15, 0.2) is 11.5 Å². The Labute approximate surface area is 190 Å². The third kappa shape index (κ3) is 5.72. The lowest BCUT2D eigenvalue weighted by molar-refractivity contribution is -0.127. The van der Waals surface area contributed by atoms with Crippen LogP contribution in [0.5, 0.6) is 11.5 Å². The van der Waals surface area contributed by atoms with Gasteiger partial charge in [-0.05, 0) is 17.7 Å². The first-order valence-corrected chi connectivity index (χ1v) is 10.6. The lowest BCUT2D eigenvalue weighted by atomic mass is 10.2. The molecule has 174 valence electrons. The van der Waals surface area contributed by atoms with E-state index >= 15 is 0 Å². The molecular weight excluding hydrogens is 430 g/mol. The number of hydrogen-bond donors (Lipinski definition) is 3. The second-order valence-corrected chi connectivity index (χ2v) is 7.72. The summed E-state index contributed by atoms with van der Waals surface area (Å²) in [6.07, 6.45) is -1.48. The lowest BCUT2D eigenvalue weighted by Gasteiger charge is -2.23. The van der Waals surface area contributed by atoms with E-state index in [1.807, 2.05) is 30.3 Å². The molecule has 4 rings (SSSR count). The van der Waals surface area contributed by atoms with Crippen LogP contribution in [0.1, 0.15) is 12.0 Å². The van der Waals surface area contributed by atoms with Crippen LogP contribution in [0, 0.1) is 0 Å². The molecule has 2 heterocycles. The van der Waals surface area contributed by atoms with Gasteiger partial charge < -0.3 is 30.0 Å². The molecule has 2 aliphatic heterocycles. The van der Waals surface area contributed by atoms with Crippen molar-refractivity contribution in [1.82, 2.24) is 10.2 Å². The summed E-state index contributed by atoms with van der Waals surface area (Å²) >= 11 is 0. The smallest absolute Gasteiger partial charge is 0.410 e. The molecule has 2 atom stereocenters. The van der Waals surface area contributed by atoms with E-state index in [-0.39, 0.29) is 26.1 Å². The fraction of sp³-hybridized carbons (Fsp3) is 0.348. The first-order chi connectivity index (χ1) is 16.0. The second kappa shape index (κ2) is 10.2. The molecule has 2 aromatic rings. The van der Waals surface area contributed by atoms with Crippen molar-refractivity contribution in [1.29, 1.82) is 0 Å². The van der Waals surface area contributed by atoms with E-state index in [1.54, 1.807) is 18.2 Å². The average molecular weight is 455 g/mol. The first kappa shape index (κ1) is 22.4. The number of β-amino-alcohol motifs (C(OH)–C–C–N with tert-alkyl or cyclic N) is 1. The zero-order valence-electron chi connectivity index (χ0n) is 17.9. The topological polar surface area (TPSA) is 126 Å². The average Bonchev–Trinajstić information content (AvgIpc) is 3.23. The monoisotopic (exact) mass is 455 g/mol. The van der Waals surface area contributed by atoms with Gasteiger partial charge in [-0.25, -0.2) is 4.79 Å². The van der Waals surface area contributed by atoms with Crippen LogP contribution < -0.4 is 20.1 Å². The van der Waals surface area contributed by atoms with Gasteiger partial charge in [-0.15, -0.1) is 0 Å². The quantitative estimate of drug-likeness (QED) is 0.599. The lowest BCUT2D eigenvalue weighted by Crippen LogP contribution is -2.47. The SMILES string of the molecule is O=C(CNC(=O)[C@@H]1C[C@@H](O)CN1C(=O)OCc1ccccc1)Nc1ccc2c(c1)OCCO2. The second-order valence-electron chi connectivity index (χ2n) is 7.72. The molecule has 1 fully saturated rings. The molecule has 0 spiro atoms. The molecule has 0 radical (unpaired) electrons. The minimum absolute atomic E-state index is 0.0187. The van der Waals surface area contributed by atoms with Gasteiger partial charge in [0.05, 0.1) is 19.2 Å². The van der Waals surface area contributed by atoms with Crippen LogP contribution in [0.15, 0.2) is 48.5 Å². The number of anilines is 1. The molecule has 10 heteroatoms. The van der Waals surface area contributed by atoms with Crippen LogP contribution in [-0.2, 0) is 20.9 Å². The number of benzene rings is 2. The highest BCUT2D eigenvalue weighted by Gasteiger charge is 2.39. The van der Waals surface area contributed by atoms with Crippen LogP contribution in [0.25, 0.3) is 0 Å². The Morgan fingerprint density at radius 3 is 2.61 bits per heavy atom. The number of amides is 3. The molecule has 1 saturated heterocycles. The number of likely N-dealkylation sites (tertiary alicyclic amines) is 1. The van der Waals surface area contributed by atoms with Gasteiger partial charge in [0, 0.05) is 18.2 Å². The predicted molar refractivity (Wildman–Crippen MR) is 117 cm³/mol. The van der Waals surface area contributed by atoms with Gasteiger partial charge in [0.25, 0.3) is 0 Å². The van der Waals surface area contributed by atoms with Crippen LogP contribution in [0.2, 0.25) is 0 Å². The molecule has 0 aromatic heterocycles. The molecule has 0 unspecified atom stereocenters. The summed E-state index contributed by atoms with van der Waals surface area (Å²) in [4.78, 5) is 38.6. The molecule has 10 nitrogen and oxygen atoms in total. The number of aliphatic hydroxyl groups is 1. The maximum atomic E-state index is 12.6. The van der Waals surface area contributed by atoms with Crippen LogP contribution >= 0.6 is 0 Å². The van der Waals surface area contributed by atoms with Gasteiger partial charge in [0.1, 0.15) is 25.9 Å². The number of nitrogens with one attached hydrogen (secondary N) is 2. The van der Waals surface area contributed by atoms with Gasteiger partial charge in [-0.1, -0.05) is 30.3 Å². The summed E-state index contributed by atoms with van der Waals surface area (Å²) in [5, 5.41) is 15.2. The normalized spacial score (nSPS) is 19.0. The highest BCUT2D eigenvalue weighted by atomic mass is 16.6. The van der Waals surface area contributed by atoms with E-state index in [9.17, 15) is 19.5 Å².